The first-order valence-electron chi connectivity index (χ1n) is 5.25. The average molecular weight is 358 g/mol. The molecule has 1 aromatic heterocycles. The van der Waals surface area contributed by atoms with Gasteiger partial charge >= 0.3 is 12.3 Å². The molecule has 0 spiro atoms. The lowest BCUT2D eigenvalue weighted by molar-refractivity contribution is -0.275. The van der Waals surface area contributed by atoms with Gasteiger partial charge in [0.25, 0.3) is 0 Å². The van der Waals surface area contributed by atoms with Crippen LogP contribution in [0.5, 0.6) is 11.5 Å². The number of pyridine rings is 1. The summed E-state index contributed by atoms with van der Waals surface area (Å²) < 4.78 is 50.0. The van der Waals surface area contributed by atoms with Gasteiger partial charge in [0.15, 0.2) is 11.5 Å². The highest BCUT2D eigenvalue weighted by atomic mass is 79.9. The van der Waals surface area contributed by atoms with Crippen molar-refractivity contribution in [2.75, 3.05) is 14.2 Å². The molecule has 0 bridgehead atoms. The van der Waals surface area contributed by atoms with E-state index in [0.717, 1.165) is 6.20 Å². The summed E-state index contributed by atoms with van der Waals surface area (Å²) in [6.07, 6.45) is -4.18. The van der Waals surface area contributed by atoms with Crippen LogP contribution in [-0.4, -0.2) is 31.5 Å². The lowest BCUT2D eigenvalue weighted by Crippen LogP contribution is -2.19. The second-order valence-corrected chi connectivity index (χ2v) is 4.08. The summed E-state index contributed by atoms with van der Waals surface area (Å²) in [7, 11) is 2.40. The Labute approximate surface area is 121 Å². The Balaban J connectivity index is 3.22. The maximum Gasteiger partial charge on any atom is 0.573 e. The number of ether oxygens (including phenoxy) is 3. The summed E-state index contributed by atoms with van der Waals surface area (Å²) in [5.74, 6) is -1.26. The molecule has 0 saturated carbocycles. The fourth-order valence-corrected chi connectivity index (χ4v) is 2.05. The molecule has 1 rings (SSSR count). The second kappa shape index (κ2) is 6.78. The van der Waals surface area contributed by atoms with Crippen molar-refractivity contribution in [1.82, 2.24) is 4.98 Å². The number of carbonyl (C=O) groups is 1. The lowest BCUT2D eigenvalue weighted by Gasteiger charge is -2.16. The summed E-state index contributed by atoms with van der Waals surface area (Å²) >= 11 is 3.12. The molecule has 0 aliphatic carbocycles. The first-order chi connectivity index (χ1) is 9.32. The zero-order chi connectivity index (χ0) is 15.3. The summed E-state index contributed by atoms with van der Waals surface area (Å²) in [6.45, 7) is 0. The van der Waals surface area contributed by atoms with Gasteiger partial charge in [-0.1, -0.05) is 15.9 Å². The highest BCUT2D eigenvalue weighted by molar-refractivity contribution is 9.08. The molecule has 0 saturated heterocycles. The molecular weight excluding hydrogens is 347 g/mol. The van der Waals surface area contributed by atoms with Crippen LogP contribution in [0, 0.1) is 0 Å². The summed E-state index contributed by atoms with van der Waals surface area (Å²) in [5, 5.41) is 0.143. The molecule has 9 heteroatoms. The number of aromatic nitrogens is 1. The molecule has 0 amide bonds. The summed E-state index contributed by atoms with van der Waals surface area (Å²) in [4.78, 5) is 15.0. The normalized spacial score (nSPS) is 11.1. The van der Waals surface area contributed by atoms with Gasteiger partial charge in [-0.2, -0.15) is 0 Å². The molecule has 0 unspecified atom stereocenters. The fourth-order valence-electron chi connectivity index (χ4n) is 1.47. The van der Waals surface area contributed by atoms with E-state index >= 15 is 0 Å². The lowest BCUT2D eigenvalue weighted by atomic mass is 10.1. The SMILES string of the molecule is COC(=O)Cc1ncc(OC(F)(F)F)c(OC)c1CBr. The van der Waals surface area contributed by atoms with Gasteiger partial charge in [0.2, 0.25) is 0 Å². The zero-order valence-electron chi connectivity index (χ0n) is 10.6. The molecule has 20 heavy (non-hydrogen) atoms. The second-order valence-electron chi connectivity index (χ2n) is 3.52. The third kappa shape index (κ3) is 4.26. The van der Waals surface area contributed by atoms with Gasteiger partial charge < -0.3 is 14.2 Å². The molecule has 0 aromatic carbocycles. The van der Waals surface area contributed by atoms with E-state index in [1.54, 1.807) is 0 Å². The van der Waals surface area contributed by atoms with Crippen LogP contribution in [0.4, 0.5) is 13.2 Å². The largest absolute Gasteiger partial charge is 0.573 e. The van der Waals surface area contributed by atoms with Crippen LogP contribution in [-0.2, 0) is 21.3 Å². The molecule has 0 fully saturated rings. The van der Waals surface area contributed by atoms with Crippen LogP contribution < -0.4 is 9.47 Å². The first-order valence-corrected chi connectivity index (χ1v) is 6.37. The Hall–Kier alpha value is -1.51. The Morgan fingerprint density at radius 2 is 2.05 bits per heavy atom. The highest BCUT2D eigenvalue weighted by Gasteiger charge is 2.33. The van der Waals surface area contributed by atoms with Crippen LogP contribution in [0.25, 0.3) is 0 Å². The Morgan fingerprint density at radius 1 is 1.40 bits per heavy atom. The number of carbonyl (C=O) groups excluding carboxylic acids is 1. The third-order valence-electron chi connectivity index (χ3n) is 2.29. The van der Waals surface area contributed by atoms with Crippen molar-refractivity contribution >= 4 is 21.9 Å². The molecule has 112 valence electrons. The third-order valence-corrected chi connectivity index (χ3v) is 2.85. The average Bonchev–Trinajstić information content (AvgIpc) is 2.37. The molecule has 5 nitrogen and oxygen atoms in total. The van der Waals surface area contributed by atoms with Crippen molar-refractivity contribution in [3.8, 4) is 11.5 Å². The molecule has 0 atom stereocenters. The minimum Gasteiger partial charge on any atom is -0.492 e. The number of esters is 1. The number of hydrogen-bond donors (Lipinski definition) is 0. The van der Waals surface area contributed by atoms with E-state index in [0.29, 0.717) is 5.56 Å². The standard InChI is InChI=1S/C11H11BrF3NO4/c1-18-9(17)3-7-6(4-12)10(19-2)8(5-16-7)20-11(13,14)15/h5H,3-4H2,1-2H3. The Bertz CT molecular complexity index is 493. The molecule has 0 radical (unpaired) electrons. The minimum atomic E-state index is -4.86. The predicted octanol–water partition coefficient (Wildman–Crippen LogP) is 2.60. The fraction of sp³-hybridized carbons (Fsp3) is 0.455. The van der Waals surface area contributed by atoms with Crippen LogP contribution in [0.2, 0.25) is 0 Å². The van der Waals surface area contributed by atoms with E-state index in [2.05, 4.69) is 30.4 Å². The minimum absolute atomic E-state index is 0.131. The molecule has 0 aliphatic heterocycles. The van der Waals surface area contributed by atoms with Crippen molar-refractivity contribution in [2.24, 2.45) is 0 Å². The number of hydrogen-bond acceptors (Lipinski definition) is 5. The van der Waals surface area contributed by atoms with Gasteiger partial charge in [0.1, 0.15) is 0 Å². The molecule has 1 aromatic rings. The Kier molecular flexibility index (Phi) is 5.61. The van der Waals surface area contributed by atoms with Crippen molar-refractivity contribution in [1.29, 1.82) is 0 Å². The number of rotatable bonds is 5. The van der Waals surface area contributed by atoms with Crippen LogP contribution in [0.3, 0.4) is 0 Å². The quantitative estimate of drug-likeness (QED) is 0.598. The van der Waals surface area contributed by atoms with Gasteiger partial charge in [-0.15, -0.1) is 13.2 Å². The van der Waals surface area contributed by atoms with Gasteiger partial charge in [-0.05, 0) is 0 Å². The monoisotopic (exact) mass is 357 g/mol. The van der Waals surface area contributed by atoms with Crippen molar-refractivity contribution < 1.29 is 32.2 Å². The van der Waals surface area contributed by atoms with E-state index < -0.39 is 18.1 Å². The maximum atomic E-state index is 12.3. The predicted molar refractivity (Wildman–Crippen MR) is 65.8 cm³/mol. The number of methoxy groups -OCH3 is 2. The van der Waals surface area contributed by atoms with Gasteiger partial charge in [-0.3, -0.25) is 9.78 Å². The van der Waals surface area contributed by atoms with Crippen molar-refractivity contribution in [3.05, 3.63) is 17.5 Å². The van der Waals surface area contributed by atoms with Crippen LogP contribution in [0.1, 0.15) is 11.3 Å². The Morgan fingerprint density at radius 3 is 2.50 bits per heavy atom. The number of halogens is 4. The molecule has 0 aliphatic rings. The smallest absolute Gasteiger partial charge is 0.492 e. The maximum absolute atomic E-state index is 12.3. The van der Waals surface area contributed by atoms with Crippen LogP contribution >= 0.6 is 15.9 Å². The van der Waals surface area contributed by atoms with E-state index in [1.807, 2.05) is 0 Å². The van der Waals surface area contributed by atoms with Gasteiger partial charge in [0, 0.05) is 10.9 Å². The van der Waals surface area contributed by atoms with Gasteiger partial charge in [-0.25, -0.2) is 0 Å². The zero-order valence-corrected chi connectivity index (χ0v) is 12.2. The van der Waals surface area contributed by atoms with Gasteiger partial charge in [0.05, 0.1) is 32.5 Å². The molecular formula is C11H11BrF3NO4. The topological polar surface area (TPSA) is 57.7 Å². The highest BCUT2D eigenvalue weighted by Crippen LogP contribution is 2.36. The van der Waals surface area contributed by atoms with E-state index in [1.165, 1.54) is 14.2 Å². The van der Waals surface area contributed by atoms with Crippen molar-refractivity contribution in [3.63, 3.8) is 0 Å². The summed E-state index contributed by atoms with van der Waals surface area (Å²) in [5.41, 5.74) is 0.541. The molecule has 0 N–H and O–H groups in total. The number of alkyl halides is 4. The van der Waals surface area contributed by atoms with Crippen molar-refractivity contribution in [2.45, 2.75) is 18.1 Å². The molecule has 1 heterocycles. The summed E-state index contributed by atoms with van der Waals surface area (Å²) in [6, 6.07) is 0. The van der Waals surface area contributed by atoms with E-state index in [4.69, 9.17) is 4.74 Å². The number of nitrogens with zero attached hydrogens (tertiary/aromatic N) is 1. The van der Waals surface area contributed by atoms with E-state index in [-0.39, 0.29) is 23.2 Å². The van der Waals surface area contributed by atoms with E-state index in [9.17, 15) is 18.0 Å². The first kappa shape index (κ1) is 16.5. The van der Waals surface area contributed by atoms with Crippen LogP contribution in [0.15, 0.2) is 6.20 Å².